The van der Waals surface area contributed by atoms with Crippen LogP contribution in [0, 0.1) is 0 Å². The number of carbonyl (C=O) groups excluding carboxylic acids is 4. The molecule has 1 aromatic rings. The van der Waals surface area contributed by atoms with Crippen molar-refractivity contribution in [1.29, 1.82) is 0 Å². The summed E-state index contributed by atoms with van der Waals surface area (Å²) in [7, 11) is 0. The van der Waals surface area contributed by atoms with Crippen molar-refractivity contribution in [3.05, 3.63) is 29.8 Å². The fraction of sp³-hybridized carbons (Fsp3) is 0.294. The van der Waals surface area contributed by atoms with E-state index in [4.69, 9.17) is 4.74 Å². The first kappa shape index (κ1) is 20.9. The van der Waals surface area contributed by atoms with Crippen LogP contribution in [0.15, 0.2) is 34.5 Å². The summed E-state index contributed by atoms with van der Waals surface area (Å²) in [6, 6.07) is 6.27. The summed E-state index contributed by atoms with van der Waals surface area (Å²) in [6.07, 6.45) is -0.0572. The van der Waals surface area contributed by atoms with Crippen molar-refractivity contribution in [2.24, 2.45) is 10.2 Å². The third-order valence-corrected chi connectivity index (χ3v) is 5.53. The van der Waals surface area contributed by atoms with E-state index in [9.17, 15) is 19.2 Å². The maximum atomic E-state index is 12.2. The molecule has 2 aliphatic heterocycles. The number of nitrogens with zero attached hydrogens (tertiary/aromatic N) is 2. The van der Waals surface area contributed by atoms with Crippen LogP contribution in [0.4, 0.5) is 10.5 Å². The molecule has 152 valence electrons. The molecule has 29 heavy (non-hydrogen) atoms. The van der Waals surface area contributed by atoms with Gasteiger partial charge in [-0.25, -0.2) is 4.79 Å². The highest BCUT2D eigenvalue weighted by Gasteiger charge is 2.32. The van der Waals surface area contributed by atoms with Gasteiger partial charge in [0.05, 0.1) is 17.9 Å². The second-order valence-electron chi connectivity index (χ2n) is 5.80. The van der Waals surface area contributed by atoms with Crippen molar-refractivity contribution < 1.29 is 23.9 Å². The fourth-order valence-corrected chi connectivity index (χ4v) is 3.86. The van der Waals surface area contributed by atoms with Gasteiger partial charge in [0.25, 0.3) is 5.24 Å². The van der Waals surface area contributed by atoms with Crippen LogP contribution >= 0.6 is 23.5 Å². The van der Waals surface area contributed by atoms with Gasteiger partial charge in [-0.3, -0.25) is 14.4 Å². The van der Waals surface area contributed by atoms with Gasteiger partial charge in [0.15, 0.2) is 5.17 Å². The maximum absolute atomic E-state index is 12.2. The number of nitrogens with one attached hydrogen (secondary N) is 3. The monoisotopic (exact) mass is 435 g/mol. The van der Waals surface area contributed by atoms with E-state index in [1.165, 1.54) is 0 Å². The van der Waals surface area contributed by atoms with Crippen molar-refractivity contribution in [3.63, 3.8) is 0 Å². The van der Waals surface area contributed by atoms with Crippen molar-refractivity contribution in [3.8, 4) is 0 Å². The molecule has 0 unspecified atom stereocenters. The van der Waals surface area contributed by atoms with Crippen LogP contribution < -0.4 is 16.0 Å². The zero-order chi connectivity index (χ0) is 20.8. The summed E-state index contributed by atoms with van der Waals surface area (Å²) < 4.78 is 4.90. The molecule has 1 atom stereocenters. The molecule has 12 heteroatoms. The van der Waals surface area contributed by atoms with E-state index < -0.39 is 11.2 Å². The van der Waals surface area contributed by atoms with E-state index in [1.54, 1.807) is 31.2 Å². The topological polar surface area (TPSA) is 138 Å². The Morgan fingerprint density at radius 2 is 1.97 bits per heavy atom. The molecule has 0 radical (unpaired) electrons. The van der Waals surface area contributed by atoms with Gasteiger partial charge in [0.2, 0.25) is 11.8 Å². The van der Waals surface area contributed by atoms with E-state index in [0.717, 1.165) is 23.5 Å². The number of carbonyl (C=O) groups is 4. The Balaban J connectivity index is 1.52. The SMILES string of the molecule is CCOC(=O)c1ccc(NC(=O)C[C@H]2S/C(=N\N=C3\CSC(=O)N3)NC2=O)cc1. The normalized spacial score (nSPS) is 21.2. The average molecular weight is 435 g/mol. The Morgan fingerprint density at radius 3 is 2.62 bits per heavy atom. The van der Waals surface area contributed by atoms with Gasteiger partial charge < -0.3 is 20.7 Å². The van der Waals surface area contributed by atoms with Crippen LogP contribution in [-0.4, -0.2) is 51.6 Å². The number of benzene rings is 1. The smallest absolute Gasteiger partial charge is 0.338 e. The zero-order valence-electron chi connectivity index (χ0n) is 15.3. The highest BCUT2D eigenvalue weighted by Crippen LogP contribution is 2.23. The second kappa shape index (κ2) is 9.56. The molecule has 3 rings (SSSR count). The van der Waals surface area contributed by atoms with E-state index >= 15 is 0 Å². The van der Waals surface area contributed by atoms with Gasteiger partial charge in [-0.1, -0.05) is 23.5 Å². The molecular weight excluding hydrogens is 418 g/mol. The Bertz CT molecular complexity index is 900. The molecule has 0 aromatic heterocycles. The number of amidine groups is 2. The maximum Gasteiger partial charge on any atom is 0.338 e. The number of hydrogen-bond acceptors (Lipinski definition) is 9. The molecule has 2 heterocycles. The lowest BCUT2D eigenvalue weighted by atomic mass is 10.2. The third kappa shape index (κ3) is 5.81. The van der Waals surface area contributed by atoms with E-state index in [1.807, 2.05) is 0 Å². The predicted molar refractivity (Wildman–Crippen MR) is 111 cm³/mol. The van der Waals surface area contributed by atoms with Crippen LogP contribution in [0.3, 0.4) is 0 Å². The molecule has 1 aromatic carbocycles. The first-order chi connectivity index (χ1) is 13.9. The largest absolute Gasteiger partial charge is 0.462 e. The van der Waals surface area contributed by atoms with Crippen molar-refractivity contribution >= 4 is 63.2 Å². The molecule has 3 N–H and O–H groups in total. The first-order valence-electron chi connectivity index (χ1n) is 8.57. The van der Waals surface area contributed by atoms with Crippen LogP contribution in [-0.2, 0) is 14.3 Å². The number of esters is 1. The lowest BCUT2D eigenvalue weighted by Gasteiger charge is -2.08. The van der Waals surface area contributed by atoms with Gasteiger partial charge >= 0.3 is 5.97 Å². The quantitative estimate of drug-likeness (QED) is 0.455. The molecule has 0 aliphatic carbocycles. The van der Waals surface area contributed by atoms with Crippen molar-refractivity contribution in [2.75, 3.05) is 17.7 Å². The van der Waals surface area contributed by atoms with Crippen LogP contribution in [0.2, 0.25) is 0 Å². The van der Waals surface area contributed by atoms with E-state index in [2.05, 4.69) is 26.2 Å². The predicted octanol–water partition coefficient (Wildman–Crippen LogP) is 1.55. The molecule has 0 spiro atoms. The van der Waals surface area contributed by atoms with Crippen molar-refractivity contribution in [2.45, 2.75) is 18.6 Å². The standard InChI is InChI=1S/C17H17N5O5S2/c1-2-27-15(25)9-3-5-10(6-4-9)18-13(23)7-11-14(24)20-16(29-11)22-21-12-8-28-17(26)19-12/h3-6,11H,2,7-8H2,1H3,(H,18,23)(H,19,21,26)(H,20,22,24)/t11-/m1/s1. The highest BCUT2D eigenvalue weighted by molar-refractivity contribution is 8.15. The minimum atomic E-state index is -0.639. The number of hydrogen-bond donors (Lipinski definition) is 3. The molecule has 0 bridgehead atoms. The molecule has 3 amide bonds. The second-order valence-corrected chi connectivity index (χ2v) is 7.94. The number of thioether (sulfide) groups is 2. The third-order valence-electron chi connectivity index (χ3n) is 3.67. The lowest BCUT2D eigenvalue weighted by Crippen LogP contribution is -2.28. The summed E-state index contributed by atoms with van der Waals surface area (Å²) in [5, 5.41) is 15.0. The Kier molecular flexibility index (Phi) is 6.88. The van der Waals surface area contributed by atoms with Crippen LogP contribution in [0.1, 0.15) is 23.7 Å². The molecular formula is C17H17N5O5S2. The summed E-state index contributed by atoms with van der Waals surface area (Å²) in [5.41, 5.74) is 0.885. The summed E-state index contributed by atoms with van der Waals surface area (Å²) >= 11 is 2.17. The highest BCUT2D eigenvalue weighted by atomic mass is 32.2. The first-order valence-corrected chi connectivity index (χ1v) is 10.4. The van der Waals surface area contributed by atoms with E-state index in [0.29, 0.717) is 22.8 Å². The van der Waals surface area contributed by atoms with Crippen LogP contribution in [0.5, 0.6) is 0 Å². The van der Waals surface area contributed by atoms with Gasteiger partial charge in [0.1, 0.15) is 11.1 Å². The average Bonchev–Trinajstić information content (AvgIpc) is 3.26. The molecule has 10 nitrogen and oxygen atoms in total. The lowest BCUT2D eigenvalue weighted by molar-refractivity contribution is -0.122. The zero-order valence-corrected chi connectivity index (χ0v) is 16.9. The molecule has 2 saturated heterocycles. The van der Waals surface area contributed by atoms with Gasteiger partial charge in [-0.05, 0) is 31.2 Å². The Labute approximate surface area is 174 Å². The molecule has 2 aliphatic rings. The Hall–Kier alpha value is -2.86. The molecule has 2 fully saturated rings. The van der Waals surface area contributed by atoms with Gasteiger partial charge in [-0.2, -0.15) is 0 Å². The number of anilines is 1. The number of amides is 3. The van der Waals surface area contributed by atoms with Gasteiger partial charge in [0, 0.05) is 12.1 Å². The van der Waals surface area contributed by atoms with Crippen molar-refractivity contribution in [1.82, 2.24) is 10.6 Å². The Morgan fingerprint density at radius 1 is 1.21 bits per heavy atom. The fourth-order valence-electron chi connectivity index (χ4n) is 2.35. The summed E-state index contributed by atoms with van der Waals surface area (Å²) in [5.74, 6) is -0.319. The van der Waals surface area contributed by atoms with E-state index in [-0.39, 0.29) is 35.2 Å². The molecule has 0 saturated carbocycles. The van der Waals surface area contributed by atoms with Crippen LogP contribution in [0.25, 0.3) is 0 Å². The minimum Gasteiger partial charge on any atom is -0.462 e. The summed E-state index contributed by atoms with van der Waals surface area (Å²) in [4.78, 5) is 47.0. The summed E-state index contributed by atoms with van der Waals surface area (Å²) in [6.45, 7) is 2.00. The number of rotatable bonds is 6. The minimum absolute atomic E-state index is 0.0572. The number of ether oxygens (including phenoxy) is 1. The van der Waals surface area contributed by atoms with Gasteiger partial charge in [-0.15, -0.1) is 10.2 Å².